The first-order chi connectivity index (χ1) is 9.53. The van der Waals surface area contributed by atoms with Crippen LogP contribution in [0.3, 0.4) is 0 Å². The fourth-order valence-corrected chi connectivity index (χ4v) is 2.93. The third-order valence-electron chi connectivity index (χ3n) is 3.87. The molecule has 0 radical (unpaired) electrons. The Labute approximate surface area is 120 Å². The second-order valence-electron chi connectivity index (χ2n) is 7.08. The maximum absolute atomic E-state index is 4.82. The van der Waals surface area contributed by atoms with Gasteiger partial charge in [0.15, 0.2) is 5.65 Å². The summed E-state index contributed by atoms with van der Waals surface area (Å²) >= 11 is 0. The van der Waals surface area contributed by atoms with E-state index in [0.717, 1.165) is 37.2 Å². The molecule has 0 bridgehead atoms. The summed E-state index contributed by atoms with van der Waals surface area (Å²) in [7, 11) is 0. The minimum atomic E-state index is 0.243. The van der Waals surface area contributed by atoms with Crippen molar-refractivity contribution in [3.63, 3.8) is 0 Å². The molecule has 0 amide bonds. The minimum absolute atomic E-state index is 0.243. The number of fused-ring (bicyclic) bond motifs is 1. The Morgan fingerprint density at radius 2 is 2.25 bits per heavy atom. The Morgan fingerprint density at radius 3 is 2.95 bits per heavy atom. The molecule has 108 valence electrons. The van der Waals surface area contributed by atoms with Gasteiger partial charge in [-0.15, -0.1) is 0 Å². The molecule has 1 saturated heterocycles. The van der Waals surface area contributed by atoms with E-state index < -0.39 is 0 Å². The normalized spacial score (nSPS) is 19.9. The quantitative estimate of drug-likeness (QED) is 0.934. The molecule has 1 unspecified atom stereocenters. The van der Waals surface area contributed by atoms with Crippen LogP contribution in [0.4, 0.5) is 0 Å². The molecule has 0 saturated carbocycles. The highest BCUT2D eigenvalue weighted by Gasteiger charge is 2.22. The summed E-state index contributed by atoms with van der Waals surface area (Å²) in [6, 6.07) is 4.04. The van der Waals surface area contributed by atoms with Crippen molar-refractivity contribution in [3.8, 4) is 0 Å². The van der Waals surface area contributed by atoms with E-state index >= 15 is 0 Å². The van der Waals surface area contributed by atoms with Crippen LogP contribution in [0.2, 0.25) is 0 Å². The van der Waals surface area contributed by atoms with E-state index in [-0.39, 0.29) is 5.41 Å². The standard InChI is InChI=1S/C16H24N4/c1-16(2,3)9-14-19-13-5-4-7-18-15(13)20(14)11-12-6-8-17-10-12/h4-5,7,12,17H,6,8-11H2,1-3H3. The zero-order valence-electron chi connectivity index (χ0n) is 12.7. The van der Waals surface area contributed by atoms with Gasteiger partial charge < -0.3 is 9.88 Å². The van der Waals surface area contributed by atoms with Crippen LogP contribution in [0.5, 0.6) is 0 Å². The van der Waals surface area contributed by atoms with Crippen molar-refractivity contribution in [1.29, 1.82) is 0 Å². The average molecular weight is 272 g/mol. The van der Waals surface area contributed by atoms with Crippen molar-refractivity contribution >= 4 is 11.2 Å². The summed E-state index contributed by atoms with van der Waals surface area (Å²) in [6.07, 6.45) is 4.11. The van der Waals surface area contributed by atoms with Crippen LogP contribution in [0.15, 0.2) is 18.3 Å². The summed E-state index contributed by atoms with van der Waals surface area (Å²) < 4.78 is 2.35. The van der Waals surface area contributed by atoms with Crippen molar-refractivity contribution in [2.45, 2.75) is 40.2 Å². The van der Waals surface area contributed by atoms with Gasteiger partial charge in [0.25, 0.3) is 0 Å². The summed E-state index contributed by atoms with van der Waals surface area (Å²) in [5, 5.41) is 3.45. The minimum Gasteiger partial charge on any atom is -0.316 e. The Kier molecular flexibility index (Phi) is 3.50. The van der Waals surface area contributed by atoms with Gasteiger partial charge in [-0.2, -0.15) is 0 Å². The predicted molar refractivity (Wildman–Crippen MR) is 81.7 cm³/mol. The van der Waals surface area contributed by atoms with E-state index in [1.807, 2.05) is 12.3 Å². The van der Waals surface area contributed by atoms with Gasteiger partial charge in [-0.05, 0) is 43.0 Å². The smallest absolute Gasteiger partial charge is 0.159 e. The molecule has 0 aromatic carbocycles. The molecule has 4 nitrogen and oxygen atoms in total. The van der Waals surface area contributed by atoms with E-state index in [0.29, 0.717) is 5.92 Å². The first-order valence-electron chi connectivity index (χ1n) is 7.54. The van der Waals surface area contributed by atoms with E-state index in [1.165, 1.54) is 12.2 Å². The van der Waals surface area contributed by atoms with Crippen LogP contribution in [0, 0.1) is 11.3 Å². The first-order valence-corrected chi connectivity index (χ1v) is 7.54. The molecule has 1 atom stereocenters. The second-order valence-corrected chi connectivity index (χ2v) is 7.08. The van der Waals surface area contributed by atoms with E-state index in [9.17, 15) is 0 Å². The Balaban J connectivity index is 1.98. The topological polar surface area (TPSA) is 42.7 Å². The lowest BCUT2D eigenvalue weighted by Crippen LogP contribution is -2.19. The van der Waals surface area contributed by atoms with Crippen molar-refractivity contribution in [2.24, 2.45) is 11.3 Å². The fourth-order valence-electron chi connectivity index (χ4n) is 2.93. The van der Waals surface area contributed by atoms with Crippen LogP contribution in [-0.4, -0.2) is 27.6 Å². The number of hydrogen-bond donors (Lipinski definition) is 1. The zero-order chi connectivity index (χ0) is 14.2. The third-order valence-corrected chi connectivity index (χ3v) is 3.87. The lowest BCUT2D eigenvalue weighted by atomic mass is 9.92. The van der Waals surface area contributed by atoms with Gasteiger partial charge in [-0.25, -0.2) is 9.97 Å². The van der Waals surface area contributed by atoms with E-state index in [4.69, 9.17) is 4.98 Å². The Bertz CT molecular complexity index is 588. The van der Waals surface area contributed by atoms with Gasteiger partial charge in [-0.3, -0.25) is 0 Å². The monoisotopic (exact) mass is 272 g/mol. The first kappa shape index (κ1) is 13.6. The summed E-state index contributed by atoms with van der Waals surface area (Å²) in [5.74, 6) is 1.88. The molecule has 2 aromatic rings. The summed E-state index contributed by atoms with van der Waals surface area (Å²) in [4.78, 5) is 9.37. The number of pyridine rings is 1. The lowest BCUT2D eigenvalue weighted by Gasteiger charge is -2.20. The molecule has 1 aliphatic heterocycles. The van der Waals surface area contributed by atoms with Gasteiger partial charge in [0, 0.05) is 19.2 Å². The summed E-state index contributed by atoms with van der Waals surface area (Å²) in [5.41, 5.74) is 2.31. The molecule has 0 spiro atoms. The molecule has 1 aliphatic rings. The predicted octanol–water partition coefficient (Wildman–Crippen LogP) is 2.63. The number of hydrogen-bond acceptors (Lipinski definition) is 3. The molecule has 2 aromatic heterocycles. The van der Waals surface area contributed by atoms with E-state index in [1.54, 1.807) is 0 Å². The largest absolute Gasteiger partial charge is 0.316 e. The molecular weight excluding hydrogens is 248 g/mol. The molecule has 4 heteroatoms. The molecule has 3 heterocycles. The van der Waals surface area contributed by atoms with Gasteiger partial charge in [0.05, 0.1) is 0 Å². The number of aromatic nitrogens is 3. The highest BCUT2D eigenvalue weighted by molar-refractivity contribution is 5.71. The summed E-state index contributed by atoms with van der Waals surface area (Å²) in [6.45, 7) is 10.1. The third kappa shape index (κ3) is 2.85. The maximum Gasteiger partial charge on any atom is 0.159 e. The molecule has 3 rings (SSSR count). The Hall–Kier alpha value is -1.42. The van der Waals surface area contributed by atoms with Crippen molar-refractivity contribution in [1.82, 2.24) is 19.9 Å². The lowest BCUT2D eigenvalue weighted by molar-refractivity contribution is 0.382. The molecular formula is C16H24N4. The Morgan fingerprint density at radius 1 is 1.40 bits per heavy atom. The van der Waals surface area contributed by atoms with Crippen LogP contribution >= 0.6 is 0 Å². The van der Waals surface area contributed by atoms with Gasteiger partial charge in [0.1, 0.15) is 11.3 Å². The number of rotatable bonds is 3. The average Bonchev–Trinajstić information content (AvgIpc) is 2.97. The highest BCUT2D eigenvalue weighted by atomic mass is 15.1. The number of nitrogens with zero attached hydrogens (tertiary/aromatic N) is 3. The highest BCUT2D eigenvalue weighted by Crippen LogP contribution is 2.24. The fraction of sp³-hybridized carbons (Fsp3) is 0.625. The molecule has 0 aliphatic carbocycles. The molecule has 1 fully saturated rings. The van der Waals surface area contributed by atoms with Crippen LogP contribution in [0.1, 0.15) is 33.0 Å². The van der Waals surface area contributed by atoms with Crippen molar-refractivity contribution in [3.05, 3.63) is 24.2 Å². The van der Waals surface area contributed by atoms with Gasteiger partial charge in [0.2, 0.25) is 0 Å². The number of imidazole rings is 1. The number of nitrogens with one attached hydrogen (secondary N) is 1. The van der Waals surface area contributed by atoms with Crippen molar-refractivity contribution in [2.75, 3.05) is 13.1 Å². The van der Waals surface area contributed by atoms with Gasteiger partial charge >= 0.3 is 0 Å². The maximum atomic E-state index is 4.82. The van der Waals surface area contributed by atoms with Crippen molar-refractivity contribution < 1.29 is 0 Å². The molecule has 20 heavy (non-hydrogen) atoms. The SMILES string of the molecule is CC(C)(C)Cc1nc2cccnc2n1CC1CCNC1. The van der Waals surface area contributed by atoms with Crippen LogP contribution in [0.25, 0.3) is 11.2 Å². The van der Waals surface area contributed by atoms with Gasteiger partial charge in [-0.1, -0.05) is 20.8 Å². The zero-order valence-corrected chi connectivity index (χ0v) is 12.7. The second kappa shape index (κ2) is 5.17. The van der Waals surface area contributed by atoms with E-state index in [2.05, 4.69) is 41.7 Å². The molecule has 1 N–H and O–H groups in total. The van der Waals surface area contributed by atoms with Crippen LogP contribution < -0.4 is 5.32 Å². The van der Waals surface area contributed by atoms with Crippen LogP contribution in [-0.2, 0) is 13.0 Å².